The number of thiophene rings is 1. The van der Waals surface area contributed by atoms with Gasteiger partial charge in [0.15, 0.2) is 11.5 Å². The Labute approximate surface area is 131 Å². The molecule has 22 heavy (non-hydrogen) atoms. The van der Waals surface area contributed by atoms with E-state index < -0.39 is 5.97 Å². The number of ether oxygens (including phenoxy) is 2. The highest BCUT2D eigenvalue weighted by Gasteiger charge is 2.15. The summed E-state index contributed by atoms with van der Waals surface area (Å²) in [6.45, 7) is 0. The standard InChI is InChI=1S/C17H11NO3S/c1-20-14-8-11(10-18)6-7-13(14)21-17(19)16-9-12-4-2-3-5-15(12)22-16/h2-9H,1H3. The summed E-state index contributed by atoms with van der Waals surface area (Å²) in [5.41, 5.74) is 0.443. The van der Waals surface area contributed by atoms with E-state index in [0.29, 0.717) is 21.9 Å². The molecule has 3 rings (SSSR count). The van der Waals surface area contributed by atoms with Crippen molar-refractivity contribution in [2.75, 3.05) is 7.11 Å². The molecule has 0 bridgehead atoms. The van der Waals surface area contributed by atoms with Crippen LogP contribution in [0.1, 0.15) is 15.2 Å². The molecule has 1 heterocycles. The summed E-state index contributed by atoms with van der Waals surface area (Å²) in [6, 6.07) is 16.2. The van der Waals surface area contributed by atoms with Crippen molar-refractivity contribution in [2.45, 2.75) is 0 Å². The van der Waals surface area contributed by atoms with Crippen LogP contribution in [0.25, 0.3) is 10.1 Å². The van der Waals surface area contributed by atoms with Crippen LogP contribution >= 0.6 is 11.3 Å². The van der Waals surface area contributed by atoms with Crippen LogP contribution in [0.15, 0.2) is 48.5 Å². The van der Waals surface area contributed by atoms with Gasteiger partial charge < -0.3 is 9.47 Å². The summed E-state index contributed by atoms with van der Waals surface area (Å²) in [4.78, 5) is 12.8. The maximum absolute atomic E-state index is 12.3. The fraction of sp³-hybridized carbons (Fsp3) is 0.0588. The van der Waals surface area contributed by atoms with E-state index in [0.717, 1.165) is 10.1 Å². The van der Waals surface area contributed by atoms with Gasteiger partial charge in [0.25, 0.3) is 0 Å². The normalized spacial score (nSPS) is 10.2. The molecule has 0 unspecified atom stereocenters. The summed E-state index contributed by atoms with van der Waals surface area (Å²) in [7, 11) is 1.47. The van der Waals surface area contributed by atoms with Crippen molar-refractivity contribution in [3.05, 3.63) is 59.0 Å². The second-order valence-corrected chi connectivity index (χ2v) is 5.60. The molecule has 2 aromatic carbocycles. The van der Waals surface area contributed by atoms with Crippen LogP contribution in [0.2, 0.25) is 0 Å². The molecule has 0 amide bonds. The van der Waals surface area contributed by atoms with Crippen molar-refractivity contribution in [1.82, 2.24) is 0 Å². The van der Waals surface area contributed by atoms with Crippen molar-refractivity contribution in [1.29, 1.82) is 5.26 Å². The number of carbonyl (C=O) groups is 1. The van der Waals surface area contributed by atoms with E-state index in [-0.39, 0.29) is 0 Å². The third kappa shape index (κ3) is 2.65. The lowest BCUT2D eigenvalue weighted by Crippen LogP contribution is -2.07. The van der Waals surface area contributed by atoms with Crippen molar-refractivity contribution in [3.8, 4) is 17.6 Å². The minimum absolute atomic E-state index is 0.295. The monoisotopic (exact) mass is 309 g/mol. The van der Waals surface area contributed by atoms with Gasteiger partial charge in [-0.2, -0.15) is 5.26 Å². The minimum Gasteiger partial charge on any atom is -0.493 e. The molecule has 3 aromatic rings. The Balaban J connectivity index is 1.89. The number of fused-ring (bicyclic) bond motifs is 1. The number of nitriles is 1. The van der Waals surface area contributed by atoms with Gasteiger partial charge in [-0.15, -0.1) is 11.3 Å². The average molecular weight is 309 g/mol. The summed E-state index contributed by atoms with van der Waals surface area (Å²) in [6.07, 6.45) is 0. The number of hydrogen-bond donors (Lipinski definition) is 0. The summed E-state index contributed by atoms with van der Waals surface area (Å²) < 4.78 is 11.6. The summed E-state index contributed by atoms with van der Waals surface area (Å²) in [5.74, 6) is 0.210. The minimum atomic E-state index is -0.441. The van der Waals surface area contributed by atoms with Crippen LogP contribution in [-0.2, 0) is 0 Å². The Morgan fingerprint density at radius 2 is 1.95 bits per heavy atom. The number of methoxy groups -OCH3 is 1. The molecular formula is C17H11NO3S. The van der Waals surface area contributed by atoms with Gasteiger partial charge in [-0.1, -0.05) is 18.2 Å². The third-order valence-corrected chi connectivity index (χ3v) is 4.22. The molecule has 0 atom stereocenters. The van der Waals surface area contributed by atoms with Crippen LogP contribution in [-0.4, -0.2) is 13.1 Å². The molecule has 5 heteroatoms. The van der Waals surface area contributed by atoms with Crippen molar-refractivity contribution >= 4 is 27.4 Å². The maximum Gasteiger partial charge on any atom is 0.353 e. The van der Waals surface area contributed by atoms with Crippen molar-refractivity contribution < 1.29 is 14.3 Å². The van der Waals surface area contributed by atoms with E-state index in [1.807, 2.05) is 30.3 Å². The highest BCUT2D eigenvalue weighted by Crippen LogP contribution is 2.31. The van der Waals surface area contributed by atoms with Gasteiger partial charge in [0.2, 0.25) is 0 Å². The van der Waals surface area contributed by atoms with Crippen LogP contribution in [0.3, 0.4) is 0 Å². The molecule has 0 saturated carbocycles. The number of carbonyl (C=O) groups excluding carboxylic acids is 1. The molecule has 0 N–H and O–H groups in total. The lowest BCUT2D eigenvalue weighted by Gasteiger charge is -2.08. The maximum atomic E-state index is 12.3. The second-order valence-electron chi connectivity index (χ2n) is 4.52. The Kier molecular flexibility index (Phi) is 3.77. The highest BCUT2D eigenvalue weighted by atomic mass is 32.1. The summed E-state index contributed by atoms with van der Waals surface area (Å²) >= 11 is 1.38. The van der Waals surface area contributed by atoms with Gasteiger partial charge in [0, 0.05) is 10.8 Å². The first-order valence-corrected chi connectivity index (χ1v) is 7.32. The van der Waals surface area contributed by atoms with Gasteiger partial charge >= 0.3 is 5.97 Å². The first-order chi connectivity index (χ1) is 10.7. The van der Waals surface area contributed by atoms with E-state index >= 15 is 0 Å². The lowest BCUT2D eigenvalue weighted by atomic mass is 10.2. The van der Waals surface area contributed by atoms with Gasteiger partial charge in [-0.05, 0) is 29.7 Å². The first kappa shape index (κ1) is 14.1. The van der Waals surface area contributed by atoms with E-state index in [1.165, 1.54) is 24.5 Å². The quantitative estimate of drug-likeness (QED) is 0.542. The van der Waals surface area contributed by atoms with E-state index in [2.05, 4.69) is 0 Å². The third-order valence-electron chi connectivity index (χ3n) is 3.12. The number of esters is 1. The topological polar surface area (TPSA) is 59.3 Å². The average Bonchev–Trinajstić information content (AvgIpc) is 2.99. The van der Waals surface area contributed by atoms with Crippen molar-refractivity contribution in [3.63, 3.8) is 0 Å². The predicted octanol–water partition coefficient (Wildman–Crippen LogP) is 4.00. The second kappa shape index (κ2) is 5.88. The van der Waals surface area contributed by atoms with E-state index in [1.54, 1.807) is 18.2 Å². The molecule has 0 fully saturated rings. The van der Waals surface area contributed by atoms with Crippen molar-refractivity contribution in [2.24, 2.45) is 0 Å². The number of benzene rings is 2. The smallest absolute Gasteiger partial charge is 0.353 e. The van der Waals surface area contributed by atoms with Gasteiger partial charge in [0.1, 0.15) is 4.88 Å². The Hall–Kier alpha value is -2.84. The molecule has 4 nitrogen and oxygen atoms in total. The zero-order valence-electron chi connectivity index (χ0n) is 11.7. The molecule has 0 saturated heterocycles. The molecule has 0 aliphatic rings. The highest BCUT2D eigenvalue weighted by molar-refractivity contribution is 7.20. The van der Waals surface area contributed by atoms with Gasteiger partial charge in [-0.25, -0.2) is 4.79 Å². The first-order valence-electron chi connectivity index (χ1n) is 6.50. The van der Waals surface area contributed by atoms with E-state index in [4.69, 9.17) is 14.7 Å². The number of rotatable bonds is 3. The SMILES string of the molecule is COc1cc(C#N)ccc1OC(=O)c1cc2ccccc2s1. The van der Waals surface area contributed by atoms with Crippen LogP contribution in [0.4, 0.5) is 0 Å². The molecule has 1 aromatic heterocycles. The Morgan fingerprint density at radius 3 is 2.68 bits per heavy atom. The van der Waals surface area contributed by atoms with Crippen LogP contribution in [0, 0.1) is 11.3 Å². The summed E-state index contributed by atoms with van der Waals surface area (Å²) in [5, 5.41) is 9.88. The van der Waals surface area contributed by atoms with Crippen LogP contribution < -0.4 is 9.47 Å². The number of hydrogen-bond acceptors (Lipinski definition) is 5. The molecule has 0 aliphatic carbocycles. The number of nitrogens with zero attached hydrogens (tertiary/aromatic N) is 1. The zero-order chi connectivity index (χ0) is 15.5. The Bertz CT molecular complexity index is 859. The molecule has 0 aliphatic heterocycles. The Morgan fingerprint density at radius 1 is 1.14 bits per heavy atom. The van der Waals surface area contributed by atoms with Gasteiger partial charge in [-0.3, -0.25) is 0 Å². The molecule has 0 spiro atoms. The predicted molar refractivity (Wildman–Crippen MR) is 84.5 cm³/mol. The van der Waals surface area contributed by atoms with E-state index in [9.17, 15) is 4.79 Å². The fourth-order valence-electron chi connectivity index (χ4n) is 2.05. The largest absolute Gasteiger partial charge is 0.493 e. The molecule has 108 valence electrons. The zero-order valence-corrected chi connectivity index (χ0v) is 12.5. The lowest BCUT2D eigenvalue weighted by molar-refractivity contribution is 0.0735. The van der Waals surface area contributed by atoms with Crippen LogP contribution in [0.5, 0.6) is 11.5 Å². The fourth-order valence-corrected chi connectivity index (χ4v) is 2.99. The molecular weight excluding hydrogens is 298 g/mol. The van der Waals surface area contributed by atoms with Gasteiger partial charge in [0.05, 0.1) is 18.7 Å². The molecule has 0 radical (unpaired) electrons.